The molecule has 0 bridgehead atoms. The summed E-state index contributed by atoms with van der Waals surface area (Å²) in [5.74, 6) is -0.875. The first-order valence-electron chi connectivity index (χ1n) is 5.25. The van der Waals surface area contributed by atoms with Crippen LogP contribution in [0, 0.1) is 12.7 Å². The van der Waals surface area contributed by atoms with Gasteiger partial charge in [0.2, 0.25) is 0 Å². The Morgan fingerprint density at radius 3 is 2.56 bits per heavy atom. The topological polar surface area (TPSA) is 17.1 Å². The standard InChI is InChI=1S/C14H9BrClFO/c1-8-6-10(16)3-4-11(8)14(18)12-7-9(15)2-5-13(12)17/h2-7H,1H3. The van der Waals surface area contributed by atoms with Gasteiger partial charge in [0.05, 0.1) is 5.56 Å². The van der Waals surface area contributed by atoms with Crippen molar-refractivity contribution in [3.8, 4) is 0 Å². The van der Waals surface area contributed by atoms with Crippen LogP contribution in [0.25, 0.3) is 0 Å². The molecule has 1 nitrogen and oxygen atoms in total. The van der Waals surface area contributed by atoms with Crippen molar-refractivity contribution in [2.24, 2.45) is 0 Å². The minimum absolute atomic E-state index is 0.0507. The molecule has 0 aliphatic rings. The number of hydrogen-bond donors (Lipinski definition) is 0. The molecule has 0 aliphatic heterocycles. The van der Waals surface area contributed by atoms with Gasteiger partial charge in [-0.05, 0) is 48.9 Å². The summed E-state index contributed by atoms with van der Waals surface area (Å²) >= 11 is 9.06. The molecule has 2 aromatic carbocycles. The van der Waals surface area contributed by atoms with Crippen molar-refractivity contribution in [2.45, 2.75) is 6.92 Å². The lowest BCUT2D eigenvalue weighted by Gasteiger charge is -2.07. The number of hydrogen-bond acceptors (Lipinski definition) is 1. The molecule has 0 atom stereocenters. The molecule has 18 heavy (non-hydrogen) atoms. The molecule has 0 N–H and O–H groups in total. The van der Waals surface area contributed by atoms with Crippen LogP contribution in [0.3, 0.4) is 0 Å². The monoisotopic (exact) mass is 326 g/mol. The van der Waals surface area contributed by atoms with Crippen molar-refractivity contribution in [1.82, 2.24) is 0 Å². The van der Waals surface area contributed by atoms with Crippen LogP contribution >= 0.6 is 27.5 Å². The lowest BCUT2D eigenvalue weighted by molar-refractivity contribution is 0.103. The van der Waals surface area contributed by atoms with Crippen molar-refractivity contribution in [3.05, 3.63) is 68.4 Å². The summed E-state index contributed by atoms with van der Waals surface area (Å²) in [7, 11) is 0. The molecule has 0 heterocycles. The van der Waals surface area contributed by atoms with Gasteiger partial charge < -0.3 is 0 Å². The molecule has 0 saturated carbocycles. The molecule has 0 radical (unpaired) electrons. The highest BCUT2D eigenvalue weighted by Crippen LogP contribution is 2.22. The summed E-state index contributed by atoms with van der Waals surface area (Å²) < 4.78 is 14.3. The highest BCUT2D eigenvalue weighted by Gasteiger charge is 2.16. The number of carbonyl (C=O) groups is 1. The summed E-state index contributed by atoms with van der Waals surface area (Å²) in [5.41, 5.74) is 1.23. The first-order chi connectivity index (χ1) is 8.49. The Morgan fingerprint density at radius 1 is 1.17 bits per heavy atom. The molecule has 0 unspecified atom stereocenters. The van der Waals surface area contributed by atoms with Crippen molar-refractivity contribution < 1.29 is 9.18 Å². The molecule has 2 aromatic rings. The molecule has 0 aliphatic carbocycles. The quantitative estimate of drug-likeness (QED) is 0.725. The van der Waals surface area contributed by atoms with Crippen LogP contribution in [-0.4, -0.2) is 5.78 Å². The second-order valence-corrected chi connectivity index (χ2v) is 5.26. The molecule has 2 rings (SSSR count). The largest absolute Gasteiger partial charge is 0.288 e. The Kier molecular flexibility index (Phi) is 3.83. The number of carbonyl (C=O) groups excluding carboxylic acids is 1. The van der Waals surface area contributed by atoms with Crippen LogP contribution in [-0.2, 0) is 0 Å². The van der Waals surface area contributed by atoms with Gasteiger partial charge in [-0.3, -0.25) is 4.79 Å². The lowest BCUT2D eigenvalue weighted by atomic mass is 9.99. The molecular weight excluding hydrogens is 319 g/mol. The maximum atomic E-state index is 13.6. The van der Waals surface area contributed by atoms with E-state index in [1.54, 1.807) is 31.2 Å². The second kappa shape index (κ2) is 5.21. The average molecular weight is 328 g/mol. The Hall–Kier alpha value is -1.19. The number of halogens is 3. The number of rotatable bonds is 2. The minimum atomic E-state index is -0.530. The zero-order valence-corrected chi connectivity index (χ0v) is 11.8. The fourth-order valence-corrected chi connectivity index (χ4v) is 2.29. The average Bonchev–Trinajstić information content (AvgIpc) is 2.31. The maximum Gasteiger partial charge on any atom is 0.196 e. The molecule has 0 amide bonds. The smallest absolute Gasteiger partial charge is 0.196 e. The van der Waals surface area contributed by atoms with E-state index in [1.807, 2.05) is 0 Å². The number of benzene rings is 2. The second-order valence-electron chi connectivity index (χ2n) is 3.91. The van der Waals surface area contributed by atoms with E-state index < -0.39 is 5.82 Å². The van der Waals surface area contributed by atoms with Crippen LogP contribution in [0.15, 0.2) is 40.9 Å². The molecule has 4 heteroatoms. The number of ketones is 1. The molecule has 0 fully saturated rings. The predicted molar refractivity (Wildman–Crippen MR) is 73.7 cm³/mol. The first-order valence-corrected chi connectivity index (χ1v) is 6.42. The van der Waals surface area contributed by atoms with E-state index in [0.29, 0.717) is 15.1 Å². The molecular formula is C14H9BrClFO. The van der Waals surface area contributed by atoms with Crippen LogP contribution in [0.4, 0.5) is 4.39 Å². The van der Waals surface area contributed by atoms with Gasteiger partial charge in [-0.2, -0.15) is 0 Å². The fraction of sp³-hybridized carbons (Fsp3) is 0.0714. The van der Waals surface area contributed by atoms with Crippen LogP contribution in [0.5, 0.6) is 0 Å². The van der Waals surface area contributed by atoms with E-state index in [-0.39, 0.29) is 11.3 Å². The van der Waals surface area contributed by atoms with Crippen LogP contribution in [0.1, 0.15) is 21.5 Å². The van der Waals surface area contributed by atoms with Crippen molar-refractivity contribution in [2.75, 3.05) is 0 Å². The third kappa shape index (κ3) is 2.62. The van der Waals surface area contributed by atoms with E-state index in [2.05, 4.69) is 15.9 Å². The van der Waals surface area contributed by atoms with E-state index in [4.69, 9.17) is 11.6 Å². The number of aryl methyl sites for hydroxylation is 1. The van der Waals surface area contributed by atoms with E-state index in [0.717, 1.165) is 5.56 Å². The Morgan fingerprint density at radius 2 is 1.89 bits per heavy atom. The van der Waals surface area contributed by atoms with Crippen molar-refractivity contribution in [3.63, 3.8) is 0 Å². The van der Waals surface area contributed by atoms with Gasteiger partial charge in [-0.1, -0.05) is 27.5 Å². The Bertz CT molecular complexity index is 625. The molecule has 92 valence electrons. The summed E-state index contributed by atoms with van der Waals surface area (Å²) in [5, 5.41) is 0.554. The molecule has 0 aromatic heterocycles. The van der Waals surface area contributed by atoms with Gasteiger partial charge >= 0.3 is 0 Å². The van der Waals surface area contributed by atoms with E-state index in [1.165, 1.54) is 12.1 Å². The van der Waals surface area contributed by atoms with E-state index in [9.17, 15) is 9.18 Å². The minimum Gasteiger partial charge on any atom is -0.288 e. The Labute approximate surface area is 118 Å². The predicted octanol–water partition coefficient (Wildman–Crippen LogP) is 4.78. The summed E-state index contributed by atoms with van der Waals surface area (Å²) in [4.78, 5) is 12.2. The fourth-order valence-electron chi connectivity index (χ4n) is 1.70. The highest BCUT2D eigenvalue weighted by molar-refractivity contribution is 9.10. The van der Waals surface area contributed by atoms with Gasteiger partial charge in [0, 0.05) is 15.1 Å². The normalized spacial score (nSPS) is 10.4. The summed E-state index contributed by atoms with van der Waals surface area (Å²) in [6.07, 6.45) is 0. The third-order valence-electron chi connectivity index (χ3n) is 2.61. The van der Waals surface area contributed by atoms with Crippen LogP contribution in [0.2, 0.25) is 5.02 Å². The van der Waals surface area contributed by atoms with Crippen molar-refractivity contribution >= 4 is 33.3 Å². The van der Waals surface area contributed by atoms with Crippen molar-refractivity contribution in [1.29, 1.82) is 0 Å². The zero-order chi connectivity index (χ0) is 13.3. The zero-order valence-electron chi connectivity index (χ0n) is 9.51. The van der Waals surface area contributed by atoms with Gasteiger partial charge in [-0.15, -0.1) is 0 Å². The SMILES string of the molecule is Cc1cc(Cl)ccc1C(=O)c1cc(Br)ccc1F. The lowest BCUT2D eigenvalue weighted by Crippen LogP contribution is -2.06. The summed E-state index contributed by atoms with van der Waals surface area (Å²) in [6.45, 7) is 1.77. The maximum absolute atomic E-state index is 13.6. The van der Waals surface area contributed by atoms with E-state index >= 15 is 0 Å². The Balaban J connectivity index is 2.51. The van der Waals surface area contributed by atoms with Gasteiger partial charge in [0.1, 0.15) is 5.82 Å². The van der Waals surface area contributed by atoms with Crippen LogP contribution < -0.4 is 0 Å². The van der Waals surface area contributed by atoms with Gasteiger partial charge in [0.15, 0.2) is 5.78 Å². The summed E-state index contributed by atoms with van der Waals surface area (Å²) in [6, 6.07) is 9.22. The van der Waals surface area contributed by atoms with Gasteiger partial charge in [-0.25, -0.2) is 4.39 Å². The molecule has 0 saturated heterocycles. The molecule has 0 spiro atoms. The highest BCUT2D eigenvalue weighted by atomic mass is 79.9. The first kappa shape index (κ1) is 13.2. The van der Waals surface area contributed by atoms with Gasteiger partial charge in [0.25, 0.3) is 0 Å². The third-order valence-corrected chi connectivity index (χ3v) is 3.33.